The molecule has 0 bridgehead atoms. The minimum absolute atomic E-state index is 0.318. The molecule has 126 valence electrons. The summed E-state index contributed by atoms with van der Waals surface area (Å²) < 4.78 is 26.5. The molecular formula is C16H25BFN3O2. The van der Waals surface area contributed by atoms with Gasteiger partial charge in [-0.2, -0.15) is 0 Å². The van der Waals surface area contributed by atoms with Crippen LogP contribution >= 0.6 is 0 Å². The Morgan fingerprint density at radius 3 is 2.17 bits per heavy atom. The fourth-order valence-electron chi connectivity index (χ4n) is 2.80. The van der Waals surface area contributed by atoms with Gasteiger partial charge in [-0.1, -0.05) is 0 Å². The highest BCUT2D eigenvalue weighted by atomic mass is 19.1. The van der Waals surface area contributed by atoms with Gasteiger partial charge in [0.1, 0.15) is 0 Å². The largest absolute Gasteiger partial charge is 0.496 e. The van der Waals surface area contributed by atoms with Crippen LogP contribution in [-0.2, 0) is 9.31 Å². The van der Waals surface area contributed by atoms with E-state index in [1.807, 2.05) is 32.6 Å². The average Bonchev–Trinajstić information content (AvgIpc) is 2.68. The van der Waals surface area contributed by atoms with Crippen LogP contribution < -0.4 is 10.4 Å². The van der Waals surface area contributed by atoms with Crippen LogP contribution in [0.4, 0.5) is 10.2 Å². The van der Waals surface area contributed by atoms with Crippen LogP contribution in [0, 0.1) is 5.82 Å². The van der Waals surface area contributed by atoms with Crippen molar-refractivity contribution >= 4 is 18.4 Å². The minimum atomic E-state index is -0.580. The molecule has 0 amide bonds. The Hall–Kier alpha value is -1.18. The minimum Gasteiger partial charge on any atom is -0.399 e. The molecule has 0 radical (unpaired) electrons. The van der Waals surface area contributed by atoms with Crippen molar-refractivity contribution in [2.45, 2.75) is 38.9 Å². The highest BCUT2D eigenvalue weighted by molar-refractivity contribution is 6.62. The summed E-state index contributed by atoms with van der Waals surface area (Å²) >= 11 is 0. The van der Waals surface area contributed by atoms with Crippen LogP contribution in [0.5, 0.6) is 0 Å². The molecule has 0 N–H and O–H groups in total. The lowest BCUT2D eigenvalue weighted by molar-refractivity contribution is 0.00578. The first-order chi connectivity index (χ1) is 10.7. The molecule has 1 aromatic rings. The fourth-order valence-corrected chi connectivity index (χ4v) is 2.80. The Kier molecular flexibility index (Phi) is 4.15. The summed E-state index contributed by atoms with van der Waals surface area (Å²) in [5.41, 5.74) is -0.256. The predicted octanol–water partition coefficient (Wildman–Crippen LogP) is 1.27. The normalized spacial score (nSPS) is 24.3. The molecule has 2 aliphatic heterocycles. The van der Waals surface area contributed by atoms with Crippen LogP contribution in [0.25, 0.3) is 0 Å². The lowest BCUT2D eigenvalue weighted by atomic mass is 9.80. The Balaban J connectivity index is 1.78. The molecule has 2 saturated heterocycles. The molecule has 2 fully saturated rings. The van der Waals surface area contributed by atoms with E-state index in [9.17, 15) is 4.39 Å². The molecule has 0 unspecified atom stereocenters. The first-order valence-corrected chi connectivity index (χ1v) is 8.14. The van der Waals surface area contributed by atoms with Crippen molar-refractivity contribution in [2.24, 2.45) is 0 Å². The number of aromatic nitrogens is 1. The molecule has 0 aromatic carbocycles. The van der Waals surface area contributed by atoms with Crippen LogP contribution in [0.2, 0.25) is 0 Å². The molecule has 0 aliphatic carbocycles. The van der Waals surface area contributed by atoms with Gasteiger partial charge in [-0.3, -0.25) is 0 Å². The quantitative estimate of drug-likeness (QED) is 0.767. The SMILES string of the molecule is CN1CCN(c2ncc(B3OC(C)(C)C(C)(C)O3)cc2F)CC1. The first kappa shape index (κ1) is 16.7. The molecule has 1 aromatic heterocycles. The van der Waals surface area contributed by atoms with Gasteiger partial charge in [-0.05, 0) is 40.8 Å². The Bertz CT molecular complexity index is 573. The molecule has 3 heterocycles. The maximum Gasteiger partial charge on any atom is 0.496 e. The van der Waals surface area contributed by atoms with Crippen molar-refractivity contribution in [1.82, 2.24) is 9.88 Å². The topological polar surface area (TPSA) is 37.8 Å². The molecule has 7 heteroatoms. The van der Waals surface area contributed by atoms with Gasteiger partial charge < -0.3 is 19.1 Å². The highest BCUT2D eigenvalue weighted by Gasteiger charge is 2.52. The third-order valence-electron chi connectivity index (χ3n) is 5.17. The van der Waals surface area contributed by atoms with Crippen molar-refractivity contribution in [1.29, 1.82) is 0 Å². The van der Waals surface area contributed by atoms with Crippen LogP contribution in [-0.4, -0.2) is 61.4 Å². The van der Waals surface area contributed by atoms with Gasteiger partial charge in [0.15, 0.2) is 11.6 Å². The van der Waals surface area contributed by atoms with E-state index in [4.69, 9.17) is 9.31 Å². The number of pyridine rings is 1. The molecule has 2 aliphatic rings. The van der Waals surface area contributed by atoms with Gasteiger partial charge in [0.2, 0.25) is 0 Å². The van der Waals surface area contributed by atoms with Crippen LogP contribution in [0.1, 0.15) is 27.7 Å². The zero-order chi connectivity index (χ0) is 16.8. The Labute approximate surface area is 137 Å². The summed E-state index contributed by atoms with van der Waals surface area (Å²) in [4.78, 5) is 8.56. The highest BCUT2D eigenvalue weighted by Crippen LogP contribution is 2.36. The fraction of sp³-hybridized carbons (Fsp3) is 0.688. The standard InChI is InChI=1S/C16H25BFN3O2/c1-15(2)16(3,4)23-17(22-15)12-10-13(18)14(19-11-12)21-8-6-20(5)7-9-21/h10-11H,6-9H2,1-5H3. The maximum absolute atomic E-state index is 14.5. The predicted molar refractivity (Wildman–Crippen MR) is 89.6 cm³/mol. The van der Waals surface area contributed by atoms with Crippen molar-refractivity contribution in [3.63, 3.8) is 0 Å². The van der Waals surface area contributed by atoms with Crippen molar-refractivity contribution < 1.29 is 13.7 Å². The smallest absolute Gasteiger partial charge is 0.399 e. The molecule has 0 atom stereocenters. The molecule has 5 nitrogen and oxygen atoms in total. The lowest BCUT2D eigenvalue weighted by Gasteiger charge is -2.33. The Morgan fingerprint density at radius 1 is 1.09 bits per heavy atom. The monoisotopic (exact) mass is 321 g/mol. The first-order valence-electron chi connectivity index (χ1n) is 8.14. The maximum atomic E-state index is 14.5. The van der Waals surface area contributed by atoms with Crippen LogP contribution in [0.3, 0.4) is 0 Å². The van der Waals surface area contributed by atoms with E-state index < -0.39 is 18.3 Å². The summed E-state index contributed by atoms with van der Waals surface area (Å²) in [6.45, 7) is 11.3. The number of nitrogens with zero attached hydrogens (tertiary/aromatic N) is 3. The van der Waals surface area contributed by atoms with Gasteiger partial charge in [0.25, 0.3) is 0 Å². The molecule has 3 rings (SSSR count). The van der Waals surface area contributed by atoms with E-state index in [1.165, 1.54) is 6.07 Å². The second-order valence-electron chi connectivity index (χ2n) is 7.45. The van der Waals surface area contributed by atoms with Crippen molar-refractivity contribution in [3.8, 4) is 0 Å². The van der Waals surface area contributed by atoms with E-state index in [2.05, 4.69) is 16.9 Å². The number of likely N-dealkylation sites (N-methyl/N-ethyl adjacent to an activating group) is 1. The van der Waals surface area contributed by atoms with Gasteiger partial charge in [0.05, 0.1) is 11.2 Å². The second kappa shape index (κ2) is 5.72. The van der Waals surface area contributed by atoms with Gasteiger partial charge >= 0.3 is 7.12 Å². The zero-order valence-electron chi connectivity index (χ0n) is 14.6. The molecular weight excluding hydrogens is 296 g/mol. The third-order valence-corrected chi connectivity index (χ3v) is 5.17. The summed E-state index contributed by atoms with van der Waals surface area (Å²) in [7, 11) is 1.49. The van der Waals surface area contributed by atoms with Gasteiger partial charge in [-0.15, -0.1) is 0 Å². The number of piperazine rings is 1. The lowest BCUT2D eigenvalue weighted by Crippen LogP contribution is -2.45. The van der Waals surface area contributed by atoms with Gasteiger partial charge in [-0.25, -0.2) is 9.37 Å². The van der Waals surface area contributed by atoms with E-state index in [-0.39, 0.29) is 5.82 Å². The molecule has 23 heavy (non-hydrogen) atoms. The van der Waals surface area contributed by atoms with E-state index in [0.29, 0.717) is 11.3 Å². The van der Waals surface area contributed by atoms with E-state index in [1.54, 1.807) is 6.20 Å². The van der Waals surface area contributed by atoms with Crippen molar-refractivity contribution in [3.05, 3.63) is 18.1 Å². The van der Waals surface area contributed by atoms with E-state index >= 15 is 0 Å². The summed E-state index contributed by atoms with van der Waals surface area (Å²) in [5, 5.41) is 0. The zero-order valence-corrected chi connectivity index (χ0v) is 14.6. The number of rotatable bonds is 2. The summed E-state index contributed by atoms with van der Waals surface area (Å²) in [5.74, 6) is 0.0973. The number of hydrogen-bond acceptors (Lipinski definition) is 5. The van der Waals surface area contributed by atoms with Gasteiger partial charge in [0, 0.05) is 37.8 Å². The molecule has 0 spiro atoms. The van der Waals surface area contributed by atoms with Crippen molar-refractivity contribution in [2.75, 3.05) is 38.1 Å². The summed E-state index contributed by atoms with van der Waals surface area (Å²) in [6, 6.07) is 1.49. The number of halogens is 1. The molecule has 0 saturated carbocycles. The summed E-state index contributed by atoms with van der Waals surface area (Å²) in [6.07, 6.45) is 1.67. The Morgan fingerprint density at radius 2 is 1.65 bits per heavy atom. The number of anilines is 1. The third kappa shape index (κ3) is 3.10. The second-order valence-corrected chi connectivity index (χ2v) is 7.45. The van der Waals surface area contributed by atoms with E-state index in [0.717, 1.165) is 26.2 Å². The van der Waals surface area contributed by atoms with Crippen LogP contribution in [0.15, 0.2) is 12.3 Å². The average molecular weight is 321 g/mol. The number of hydrogen-bond donors (Lipinski definition) is 0.